The fraction of sp³-hybridized carbons (Fsp3) is 0.136. The van der Waals surface area contributed by atoms with Crippen LogP contribution in [-0.4, -0.2) is 39.3 Å². The van der Waals surface area contributed by atoms with Crippen LogP contribution in [0.5, 0.6) is 0 Å². The highest BCUT2D eigenvalue weighted by atomic mass is 32.1. The first-order valence-electron chi connectivity index (χ1n) is 10.4. The van der Waals surface area contributed by atoms with Crippen LogP contribution < -0.4 is 0 Å². The molecule has 13 heteroatoms. The van der Waals surface area contributed by atoms with Crippen LogP contribution in [0.2, 0.25) is 0 Å². The van der Waals surface area contributed by atoms with E-state index in [2.05, 4.69) is 25.1 Å². The molecule has 0 saturated carbocycles. The molecule has 6 rings (SSSR count). The van der Waals surface area contributed by atoms with Gasteiger partial charge in [-0.3, -0.25) is 14.8 Å². The molecule has 0 saturated heterocycles. The number of hydrogen-bond acceptors (Lipinski definition) is 8. The summed E-state index contributed by atoms with van der Waals surface area (Å²) in [6, 6.07) is 10.2. The molecular weight excluding hydrogens is 478 g/mol. The molecule has 0 unspecified atom stereocenters. The van der Waals surface area contributed by atoms with Crippen LogP contribution in [0, 0.1) is 10.1 Å². The minimum Gasteiger partial charge on any atom is -0.258 e. The van der Waals surface area contributed by atoms with Gasteiger partial charge < -0.3 is 0 Å². The number of nitro groups is 1. The van der Waals surface area contributed by atoms with Gasteiger partial charge >= 0.3 is 5.69 Å². The Labute approximate surface area is 198 Å². The van der Waals surface area contributed by atoms with E-state index in [0.717, 1.165) is 11.8 Å². The molecule has 10 nitrogen and oxygen atoms in total. The summed E-state index contributed by atoms with van der Waals surface area (Å²) in [5.74, 6) is 0.374. The van der Waals surface area contributed by atoms with Gasteiger partial charge in [-0.05, 0) is 24.1 Å². The lowest BCUT2D eigenvalue weighted by Crippen LogP contribution is -2.09. The van der Waals surface area contributed by atoms with Gasteiger partial charge in [0.15, 0.2) is 11.5 Å². The van der Waals surface area contributed by atoms with Gasteiger partial charge in [-0.1, -0.05) is 30.3 Å². The van der Waals surface area contributed by atoms with Crippen molar-refractivity contribution in [1.82, 2.24) is 34.3 Å². The molecule has 0 N–H and O–H groups in total. The summed E-state index contributed by atoms with van der Waals surface area (Å²) in [5, 5.41) is 20.2. The molecule has 0 bridgehead atoms. The van der Waals surface area contributed by atoms with Crippen molar-refractivity contribution < 1.29 is 13.7 Å². The topological polar surface area (TPSA) is 117 Å². The van der Waals surface area contributed by atoms with Crippen LogP contribution in [0.15, 0.2) is 55.1 Å². The summed E-state index contributed by atoms with van der Waals surface area (Å²) in [6.45, 7) is 1.77. The molecule has 6 aromatic rings. The maximum Gasteiger partial charge on any atom is 0.307 e. The molecule has 0 aliphatic rings. The molecular formula is C22H14F2N8O2S. The zero-order valence-electron chi connectivity index (χ0n) is 17.9. The highest BCUT2D eigenvalue weighted by Crippen LogP contribution is 2.41. The summed E-state index contributed by atoms with van der Waals surface area (Å²) in [6.07, 6.45) is 1.26. The van der Waals surface area contributed by atoms with Gasteiger partial charge in [-0.15, -0.1) is 16.4 Å². The molecule has 0 spiro atoms. The molecule has 5 aromatic heterocycles. The van der Waals surface area contributed by atoms with E-state index in [4.69, 9.17) is 0 Å². The Balaban J connectivity index is 1.56. The standard InChI is InChI=1S/C22H14F2N8O2S/c1-11(30-9-13(8-26-30)32(33)34)20-28-21-18-17(25-10-31(21)29-20)16-14(12-5-3-2-4-6-12)7-15(19(23)24)27-22(16)35-18/h2-11,19H,1H3/t11-/m1/s1. The van der Waals surface area contributed by atoms with Gasteiger partial charge in [0, 0.05) is 5.39 Å². The lowest BCUT2D eigenvalue weighted by atomic mass is 10.0. The second-order valence-corrected chi connectivity index (χ2v) is 8.81. The Hall–Kier alpha value is -4.39. The Morgan fingerprint density at radius 1 is 1.17 bits per heavy atom. The van der Waals surface area contributed by atoms with Crippen molar-refractivity contribution >= 4 is 43.1 Å². The molecule has 1 atom stereocenters. The van der Waals surface area contributed by atoms with Crippen LogP contribution in [0.3, 0.4) is 0 Å². The first-order valence-corrected chi connectivity index (χ1v) is 11.2. The summed E-state index contributed by atoms with van der Waals surface area (Å²) in [7, 11) is 0. The van der Waals surface area contributed by atoms with Gasteiger partial charge in [0.25, 0.3) is 6.43 Å². The summed E-state index contributed by atoms with van der Waals surface area (Å²) >= 11 is 1.22. The predicted octanol–water partition coefficient (Wildman–Crippen LogP) is 5.21. The Bertz CT molecular complexity index is 1740. The van der Waals surface area contributed by atoms with Crippen molar-refractivity contribution in [2.24, 2.45) is 0 Å². The van der Waals surface area contributed by atoms with Crippen LogP contribution in [0.25, 0.3) is 37.2 Å². The second kappa shape index (κ2) is 7.84. The van der Waals surface area contributed by atoms with Crippen LogP contribution in [0.4, 0.5) is 14.5 Å². The van der Waals surface area contributed by atoms with E-state index in [1.165, 1.54) is 39.1 Å². The third kappa shape index (κ3) is 3.39. The van der Waals surface area contributed by atoms with Crippen LogP contribution in [0.1, 0.15) is 30.9 Å². The van der Waals surface area contributed by atoms with Gasteiger partial charge in [0.2, 0.25) is 0 Å². The summed E-state index contributed by atoms with van der Waals surface area (Å²) < 4.78 is 30.9. The number of alkyl halides is 2. The lowest BCUT2D eigenvalue weighted by molar-refractivity contribution is -0.385. The summed E-state index contributed by atoms with van der Waals surface area (Å²) in [5.41, 5.74) is 2.02. The fourth-order valence-electron chi connectivity index (χ4n) is 3.95. The first kappa shape index (κ1) is 21.2. The largest absolute Gasteiger partial charge is 0.307 e. The third-order valence-electron chi connectivity index (χ3n) is 5.68. The molecule has 174 valence electrons. The van der Waals surface area contributed by atoms with E-state index in [9.17, 15) is 18.9 Å². The number of nitrogens with zero attached hydrogens (tertiary/aromatic N) is 8. The zero-order chi connectivity index (χ0) is 24.3. The maximum atomic E-state index is 13.7. The van der Waals surface area contributed by atoms with Crippen molar-refractivity contribution in [2.45, 2.75) is 19.4 Å². The number of aromatic nitrogens is 7. The molecule has 0 radical (unpaired) electrons. The van der Waals surface area contributed by atoms with Crippen molar-refractivity contribution in [3.63, 3.8) is 0 Å². The van der Waals surface area contributed by atoms with Crippen molar-refractivity contribution in [2.75, 3.05) is 0 Å². The van der Waals surface area contributed by atoms with E-state index in [-0.39, 0.29) is 11.4 Å². The molecule has 1 aromatic carbocycles. The van der Waals surface area contributed by atoms with Crippen LogP contribution >= 0.6 is 11.3 Å². The predicted molar refractivity (Wildman–Crippen MR) is 125 cm³/mol. The molecule has 0 amide bonds. The molecule has 0 fully saturated rings. The van der Waals surface area contributed by atoms with E-state index in [0.29, 0.717) is 37.5 Å². The number of fused-ring (bicyclic) bond motifs is 5. The zero-order valence-corrected chi connectivity index (χ0v) is 18.7. The summed E-state index contributed by atoms with van der Waals surface area (Å²) in [4.78, 5) is 24.3. The number of thiophene rings is 1. The minimum atomic E-state index is -2.72. The quantitative estimate of drug-likeness (QED) is 0.240. The number of rotatable bonds is 5. The van der Waals surface area contributed by atoms with Crippen molar-refractivity contribution in [1.29, 1.82) is 0 Å². The molecule has 0 aliphatic carbocycles. The smallest absolute Gasteiger partial charge is 0.258 e. The average molecular weight is 492 g/mol. The Kier molecular flexibility index (Phi) is 4.74. The first-order chi connectivity index (χ1) is 16.9. The van der Waals surface area contributed by atoms with Crippen molar-refractivity contribution in [3.05, 3.63) is 76.8 Å². The van der Waals surface area contributed by atoms with E-state index < -0.39 is 17.4 Å². The van der Waals surface area contributed by atoms with Gasteiger partial charge in [-0.25, -0.2) is 28.2 Å². The highest BCUT2D eigenvalue weighted by molar-refractivity contribution is 7.26. The van der Waals surface area contributed by atoms with Crippen molar-refractivity contribution in [3.8, 4) is 11.1 Å². The number of benzene rings is 1. The normalized spacial score (nSPS) is 12.8. The fourth-order valence-corrected chi connectivity index (χ4v) is 5.09. The lowest BCUT2D eigenvalue weighted by Gasteiger charge is -2.07. The maximum absolute atomic E-state index is 13.7. The monoisotopic (exact) mass is 492 g/mol. The van der Waals surface area contributed by atoms with Gasteiger partial charge in [-0.2, -0.15) is 5.10 Å². The minimum absolute atomic E-state index is 0.136. The number of hydrogen-bond donors (Lipinski definition) is 0. The third-order valence-corrected chi connectivity index (χ3v) is 6.75. The van der Waals surface area contributed by atoms with E-state index in [1.807, 2.05) is 30.3 Å². The molecule has 35 heavy (non-hydrogen) atoms. The molecule has 5 heterocycles. The Morgan fingerprint density at radius 2 is 1.97 bits per heavy atom. The average Bonchev–Trinajstić information content (AvgIpc) is 3.59. The van der Waals surface area contributed by atoms with Gasteiger partial charge in [0.05, 0.1) is 10.4 Å². The van der Waals surface area contributed by atoms with Crippen LogP contribution in [-0.2, 0) is 0 Å². The number of halogens is 2. The molecule has 0 aliphatic heterocycles. The van der Waals surface area contributed by atoms with Gasteiger partial charge in [0.1, 0.15) is 40.0 Å². The van der Waals surface area contributed by atoms with E-state index >= 15 is 0 Å². The number of pyridine rings is 1. The second-order valence-electron chi connectivity index (χ2n) is 7.82. The SMILES string of the molecule is C[C@H](c1nc2c3sc4nc(C(F)F)cc(-c5ccccc5)c4c3ncn2n1)n1cc([N+](=O)[O-])cn1. The Morgan fingerprint density at radius 3 is 2.69 bits per heavy atom. The highest BCUT2D eigenvalue weighted by Gasteiger charge is 2.23. The van der Waals surface area contributed by atoms with E-state index in [1.54, 1.807) is 6.92 Å².